The molecule has 2 aromatic carbocycles. The molecule has 1 fully saturated rings. The molecule has 8 heteroatoms. The third-order valence-electron chi connectivity index (χ3n) is 5.32. The molecule has 1 heterocycles. The first-order valence-electron chi connectivity index (χ1n) is 10.1. The van der Waals surface area contributed by atoms with Crippen molar-refractivity contribution in [1.82, 2.24) is 15.5 Å². The first-order chi connectivity index (χ1) is 14.7. The van der Waals surface area contributed by atoms with E-state index in [9.17, 15) is 19.2 Å². The smallest absolute Gasteiger partial charge is 0.325 e. The van der Waals surface area contributed by atoms with Crippen molar-refractivity contribution in [3.63, 3.8) is 0 Å². The van der Waals surface area contributed by atoms with Gasteiger partial charge in [0.05, 0.1) is 6.54 Å². The van der Waals surface area contributed by atoms with Gasteiger partial charge in [-0.25, -0.2) is 4.79 Å². The van der Waals surface area contributed by atoms with Gasteiger partial charge in [0.1, 0.15) is 12.1 Å². The van der Waals surface area contributed by atoms with Crippen LogP contribution in [0.1, 0.15) is 30.5 Å². The maximum Gasteiger partial charge on any atom is 0.325 e. The molecule has 0 spiro atoms. The molecule has 162 valence electrons. The Morgan fingerprint density at radius 3 is 2.39 bits per heavy atom. The molecule has 0 saturated carbocycles. The fourth-order valence-electron chi connectivity index (χ4n) is 3.45. The Balaban J connectivity index is 1.57. The van der Waals surface area contributed by atoms with Gasteiger partial charge in [-0.15, -0.1) is 0 Å². The first kappa shape index (κ1) is 22.0. The molecular formula is C23H26N4O4. The van der Waals surface area contributed by atoms with E-state index in [1.54, 1.807) is 25.1 Å². The molecule has 0 radical (unpaired) electrons. The second-order valence-electron chi connectivity index (χ2n) is 7.65. The fourth-order valence-corrected chi connectivity index (χ4v) is 3.45. The number of aryl methyl sites for hydroxylation is 2. The molecule has 31 heavy (non-hydrogen) atoms. The molecule has 1 atom stereocenters. The molecule has 1 saturated heterocycles. The molecule has 0 bridgehead atoms. The summed E-state index contributed by atoms with van der Waals surface area (Å²) in [5.74, 6) is -1.51. The largest absolute Gasteiger partial charge is 0.345 e. The number of nitrogens with zero attached hydrogens (tertiary/aromatic N) is 1. The summed E-state index contributed by atoms with van der Waals surface area (Å²) in [6.45, 7) is 4.78. The van der Waals surface area contributed by atoms with Crippen molar-refractivity contribution >= 4 is 29.4 Å². The average Bonchev–Trinajstić information content (AvgIpc) is 2.97. The Morgan fingerprint density at radius 2 is 1.71 bits per heavy atom. The van der Waals surface area contributed by atoms with E-state index < -0.39 is 35.8 Å². The van der Waals surface area contributed by atoms with Gasteiger partial charge >= 0.3 is 6.03 Å². The van der Waals surface area contributed by atoms with Gasteiger partial charge in [-0.3, -0.25) is 19.3 Å². The van der Waals surface area contributed by atoms with Crippen LogP contribution in [0.15, 0.2) is 48.5 Å². The number of anilines is 1. The third-order valence-corrected chi connectivity index (χ3v) is 5.32. The highest BCUT2D eigenvalue weighted by molar-refractivity contribution is 6.09. The number of hydrogen-bond donors (Lipinski definition) is 3. The van der Waals surface area contributed by atoms with Gasteiger partial charge in [0.25, 0.3) is 5.91 Å². The van der Waals surface area contributed by atoms with Crippen molar-refractivity contribution in [2.24, 2.45) is 0 Å². The standard InChI is InChI=1S/C23H26N4O4/c1-4-16-7-5-6-8-18(16)25-19(28)13-24-20(29)14-27-21(30)23(3,26-22(27)31)17-11-9-15(2)10-12-17/h5-12H,4,13-14H2,1-3H3,(H,24,29)(H,25,28)(H,26,31). The number of imide groups is 1. The van der Waals surface area contributed by atoms with Crippen LogP contribution in [0.4, 0.5) is 10.5 Å². The lowest BCUT2D eigenvalue weighted by Crippen LogP contribution is -2.44. The number of hydrogen-bond acceptors (Lipinski definition) is 4. The number of benzene rings is 2. The van der Waals surface area contributed by atoms with Crippen LogP contribution < -0.4 is 16.0 Å². The van der Waals surface area contributed by atoms with E-state index in [2.05, 4.69) is 16.0 Å². The first-order valence-corrected chi connectivity index (χ1v) is 10.1. The SMILES string of the molecule is CCc1ccccc1NC(=O)CNC(=O)CN1C(=O)NC(C)(c2ccc(C)cc2)C1=O. The molecule has 0 aromatic heterocycles. The van der Waals surface area contributed by atoms with Gasteiger partial charge in [-0.1, -0.05) is 55.0 Å². The second kappa shape index (κ2) is 8.99. The van der Waals surface area contributed by atoms with E-state index in [4.69, 9.17) is 0 Å². The van der Waals surface area contributed by atoms with Crippen LogP contribution in [0.3, 0.4) is 0 Å². The van der Waals surface area contributed by atoms with E-state index in [1.807, 2.05) is 44.2 Å². The highest BCUT2D eigenvalue weighted by atomic mass is 16.2. The lowest BCUT2D eigenvalue weighted by atomic mass is 9.91. The Hall–Kier alpha value is -3.68. The topological polar surface area (TPSA) is 108 Å². The quantitative estimate of drug-likeness (QED) is 0.594. The van der Waals surface area contributed by atoms with Gasteiger partial charge < -0.3 is 16.0 Å². The molecule has 2 aromatic rings. The van der Waals surface area contributed by atoms with Gasteiger partial charge in [0, 0.05) is 5.69 Å². The second-order valence-corrected chi connectivity index (χ2v) is 7.65. The van der Waals surface area contributed by atoms with Gasteiger partial charge in [0.2, 0.25) is 11.8 Å². The maximum atomic E-state index is 12.9. The van der Waals surface area contributed by atoms with E-state index in [1.165, 1.54) is 0 Å². The predicted octanol–water partition coefficient (Wildman–Crippen LogP) is 2.08. The maximum absolute atomic E-state index is 12.9. The minimum atomic E-state index is -1.24. The lowest BCUT2D eigenvalue weighted by Gasteiger charge is -2.22. The van der Waals surface area contributed by atoms with Crippen LogP contribution in [0, 0.1) is 6.92 Å². The number of carbonyl (C=O) groups excluding carboxylic acids is 4. The Morgan fingerprint density at radius 1 is 1.03 bits per heavy atom. The minimum absolute atomic E-state index is 0.268. The molecule has 1 unspecified atom stereocenters. The van der Waals surface area contributed by atoms with Crippen LogP contribution in [-0.4, -0.2) is 41.7 Å². The van der Waals surface area contributed by atoms with Crippen molar-refractivity contribution in [3.05, 3.63) is 65.2 Å². The molecular weight excluding hydrogens is 396 g/mol. The zero-order chi connectivity index (χ0) is 22.6. The van der Waals surface area contributed by atoms with E-state index >= 15 is 0 Å². The summed E-state index contributed by atoms with van der Waals surface area (Å²) in [5.41, 5.74) is 2.09. The zero-order valence-electron chi connectivity index (χ0n) is 17.8. The van der Waals surface area contributed by atoms with Crippen LogP contribution in [-0.2, 0) is 26.3 Å². The van der Waals surface area contributed by atoms with Crippen LogP contribution in [0.25, 0.3) is 0 Å². The van der Waals surface area contributed by atoms with E-state index in [0.717, 1.165) is 22.4 Å². The predicted molar refractivity (Wildman–Crippen MR) is 116 cm³/mol. The van der Waals surface area contributed by atoms with Crippen molar-refractivity contribution in [2.45, 2.75) is 32.7 Å². The normalized spacial score (nSPS) is 18.0. The highest BCUT2D eigenvalue weighted by Gasteiger charge is 2.49. The number of rotatable bonds is 7. The Bertz CT molecular complexity index is 1020. The fraction of sp³-hybridized carbons (Fsp3) is 0.304. The molecule has 3 N–H and O–H groups in total. The molecule has 1 aliphatic heterocycles. The van der Waals surface area contributed by atoms with Crippen LogP contribution in [0.5, 0.6) is 0 Å². The Labute approximate surface area is 181 Å². The summed E-state index contributed by atoms with van der Waals surface area (Å²) in [4.78, 5) is 50.6. The van der Waals surface area contributed by atoms with E-state index in [0.29, 0.717) is 11.3 Å². The number of nitrogens with one attached hydrogen (secondary N) is 3. The van der Waals surface area contributed by atoms with Crippen molar-refractivity contribution < 1.29 is 19.2 Å². The summed E-state index contributed by atoms with van der Waals surface area (Å²) in [6, 6.07) is 14.0. The van der Waals surface area contributed by atoms with Crippen LogP contribution >= 0.6 is 0 Å². The monoisotopic (exact) mass is 422 g/mol. The molecule has 8 nitrogen and oxygen atoms in total. The van der Waals surface area contributed by atoms with Crippen molar-refractivity contribution in [2.75, 3.05) is 18.4 Å². The van der Waals surface area contributed by atoms with Gasteiger partial charge in [0.15, 0.2) is 0 Å². The number of carbonyl (C=O) groups is 4. The summed E-state index contributed by atoms with van der Waals surface area (Å²) in [7, 11) is 0. The zero-order valence-corrected chi connectivity index (χ0v) is 17.8. The summed E-state index contributed by atoms with van der Waals surface area (Å²) >= 11 is 0. The van der Waals surface area contributed by atoms with E-state index in [-0.39, 0.29) is 6.54 Å². The van der Waals surface area contributed by atoms with Gasteiger partial charge in [-0.05, 0) is 37.5 Å². The summed E-state index contributed by atoms with van der Waals surface area (Å²) < 4.78 is 0. The third kappa shape index (κ3) is 4.74. The lowest BCUT2D eigenvalue weighted by molar-refractivity contribution is -0.135. The molecule has 5 amide bonds. The van der Waals surface area contributed by atoms with Gasteiger partial charge in [-0.2, -0.15) is 0 Å². The highest BCUT2D eigenvalue weighted by Crippen LogP contribution is 2.28. The minimum Gasteiger partial charge on any atom is -0.345 e. The number of amides is 5. The van der Waals surface area contributed by atoms with Crippen molar-refractivity contribution in [1.29, 1.82) is 0 Å². The van der Waals surface area contributed by atoms with Crippen molar-refractivity contribution in [3.8, 4) is 0 Å². The number of urea groups is 1. The summed E-state index contributed by atoms with van der Waals surface area (Å²) in [6.07, 6.45) is 0.759. The van der Waals surface area contributed by atoms with Crippen LogP contribution in [0.2, 0.25) is 0 Å². The Kier molecular flexibility index (Phi) is 6.39. The average molecular weight is 422 g/mol. The molecule has 0 aliphatic carbocycles. The summed E-state index contributed by atoms with van der Waals surface area (Å²) in [5, 5.41) is 7.87. The molecule has 3 rings (SSSR count). The molecule has 1 aliphatic rings. The number of para-hydroxylation sites is 1.